The van der Waals surface area contributed by atoms with Crippen LogP contribution in [0.4, 0.5) is 0 Å². The van der Waals surface area contributed by atoms with Crippen LogP contribution < -0.4 is 0 Å². The minimum Gasteiger partial charge on any atom is -0.340 e. The smallest absolute Gasteiger partial charge is 0.242 e. The molecule has 3 rings (SSSR count). The lowest BCUT2D eigenvalue weighted by atomic mass is 10.2. The van der Waals surface area contributed by atoms with Crippen LogP contribution in [0.3, 0.4) is 0 Å². The van der Waals surface area contributed by atoms with Gasteiger partial charge in [-0.2, -0.15) is 11.8 Å². The predicted molar refractivity (Wildman–Crippen MR) is 85.2 cm³/mol. The molecule has 0 saturated carbocycles. The Morgan fingerprint density at radius 2 is 2.10 bits per heavy atom. The van der Waals surface area contributed by atoms with Crippen LogP contribution in [0.1, 0.15) is 12.1 Å². The van der Waals surface area contributed by atoms with Gasteiger partial charge in [-0.15, -0.1) is 0 Å². The molecule has 3 nitrogen and oxygen atoms in total. The third kappa shape index (κ3) is 2.70. The minimum atomic E-state index is 0.247. The third-order valence-corrected chi connectivity index (χ3v) is 4.93. The number of para-hydroxylation sites is 1. The van der Waals surface area contributed by atoms with E-state index < -0.39 is 0 Å². The van der Waals surface area contributed by atoms with Gasteiger partial charge in [-0.3, -0.25) is 4.79 Å². The molecule has 2 aromatic rings. The number of hydrogen-bond acceptors (Lipinski definition) is 2. The summed E-state index contributed by atoms with van der Waals surface area (Å²) in [7, 11) is 0. The fourth-order valence-electron chi connectivity index (χ4n) is 2.79. The summed E-state index contributed by atoms with van der Waals surface area (Å²) in [4.78, 5) is 14.5. The van der Waals surface area contributed by atoms with Crippen LogP contribution in [0.2, 0.25) is 0 Å². The molecule has 20 heavy (non-hydrogen) atoms. The SMILES string of the molecule is Cc1cc2ccccc2n1CC(=O)N1CCCSCC1. The van der Waals surface area contributed by atoms with Gasteiger partial charge in [0.25, 0.3) is 0 Å². The molecule has 1 aliphatic heterocycles. The molecule has 1 saturated heterocycles. The molecule has 0 atom stereocenters. The average molecular weight is 288 g/mol. The maximum atomic E-state index is 12.5. The van der Waals surface area contributed by atoms with E-state index in [1.165, 1.54) is 11.1 Å². The van der Waals surface area contributed by atoms with Gasteiger partial charge in [0.1, 0.15) is 6.54 Å². The first kappa shape index (κ1) is 13.6. The van der Waals surface area contributed by atoms with Gasteiger partial charge in [0.2, 0.25) is 5.91 Å². The van der Waals surface area contributed by atoms with E-state index in [1.54, 1.807) is 0 Å². The van der Waals surface area contributed by atoms with Crippen molar-refractivity contribution in [1.29, 1.82) is 0 Å². The van der Waals surface area contributed by atoms with Crippen LogP contribution in [-0.4, -0.2) is 40.0 Å². The van der Waals surface area contributed by atoms with Crippen LogP contribution in [-0.2, 0) is 11.3 Å². The van der Waals surface area contributed by atoms with E-state index in [-0.39, 0.29) is 5.91 Å². The number of carbonyl (C=O) groups excluding carboxylic acids is 1. The Morgan fingerprint density at radius 1 is 1.25 bits per heavy atom. The zero-order valence-electron chi connectivity index (χ0n) is 11.8. The lowest BCUT2D eigenvalue weighted by Crippen LogP contribution is -2.35. The number of amides is 1. The first-order valence-electron chi connectivity index (χ1n) is 7.16. The number of nitrogens with zero attached hydrogens (tertiary/aromatic N) is 2. The van der Waals surface area contributed by atoms with E-state index in [0.717, 1.165) is 36.5 Å². The molecular weight excluding hydrogens is 268 g/mol. The zero-order valence-corrected chi connectivity index (χ0v) is 12.7. The second-order valence-electron chi connectivity index (χ2n) is 5.28. The maximum Gasteiger partial charge on any atom is 0.242 e. The molecule has 1 amide bonds. The summed E-state index contributed by atoms with van der Waals surface area (Å²) in [5.41, 5.74) is 2.31. The predicted octanol–water partition coefficient (Wildman–Crippen LogP) is 2.92. The lowest BCUT2D eigenvalue weighted by molar-refractivity contribution is -0.131. The molecule has 0 radical (unpaired) electrons. The molecular formula is C16H20N2OS. The van der Waals surface area contributed by atoms with E-state index in [2.05, 4.69) is 29.7 Å². The largest absolute Gasteiger partial charge is 0.340 e. The fourth-order valence-corrected chi connectivity index (χ4v) is 3.68. The number of rotatable bonds is 2. The van der Waals surface area contributed by atoms with Gasteiger partial charge < -0.3 is 9.47 Å². The number of hydrogen-bond donors (Lipinski definition) is 0. The van der Waals surface area contributed by atoms with Crippen molar-refractivity contribution in [2.45, 2.75) is 19.9 Å². The van der Waals surface area contributed by atoms with Gasteiger partial charge in [-0.05, 0) is 36.6 Å². The van der Waals surface area contributed by atoms with Gasteiger partial charge in [0, 0.05) is 30.1 Å². The molecule has 0 N–H and O–H groups in total. The van der Waals surface area contributed by atoms with Crippen molar-refractivity contribution < 1.29 is 4.79 Å². The average Bonchev–Trinajstić information content (AvgIpc) is 2.66. The molecule has 1 aliphatic rings. The summed E-state index contributed by atoms with van der Waals surface area (Å²) in [6.45, 7) is 4.33. The number of benzene rings is 1. The van der Waals surface area contributed by atoms with E-state index in [1.807, 2.05) is 28.8 Å². The summed E-state index contributed by atoms with van der Waals surface area (Å²) in [6.07, 6.45) is 1.11. The monoisotopic (exact) mass is 288 g/mol. The molecule has 4 heteroatoms. The van der Waals surface area contributed by atoms with Crippen molar-refractivity contribution in [1.82, 2.24) is 9.47 Å². The Morgan fingerprint density at radius 3 is 3.00 bits per heavy atom. The van der Waals surface area contributed by atoms with Gasteiger partial charge in [0.05, 0.1) is 0 Å². The van der Waals surface area contributed by atoms with Crippen molar-refractivity contribution in [3.05, 3.63) is 36.0 Å². The zero-order chi connectivity index (χ0) is 13.9. The molecule has 0 unspecified atom stereocenters. The number of fused-ring (bicyclic) bond motifs is 1. The molecule has 0 spiro atoms. The first-order chi connectivity index (χ1) is 9.75. The van der Waals surface area contributed by atoms with Crippen molar-refractivity contribution in [3.8, 4) is 0 Å². The van der Waals surface area contributed by atoms with Gasteiger partial charge in [0.15, 0.2) is 0 Å². The molecule has 1 aromatic carbocycles. The number of aryl methyl sites for hydroxylation is 1. The summed E-state index contributed by atoms with van der Waals surface area (Å²) >= 11 is 1.95. The van der Waals surface area contributed by atoms with Gasteiger partial charge in [-0.25, -0.2) is 0 Å². The fraction of sp³-hybridized carbons (Fsp3) is 0.438. The Balaban J connectivity index is 1.81. The van der Waals surface area contributed by atoms with Crippen molar-refractivity contribution >= 4 is 28.6 Å². The van der Waals surface area contributed by atoms with E-state index in [9.17, 15) is 4.79 Å². The quantitative estimate of drug-likeness (QED) is 0.849. The van der Waals surface area contributed by atoms with Gasteiger partial charge >= 0.3 is 0 Å². The molecule has 106 valence electrons. The van der Waals surface area contributed by atoms with Crippen LogP contribution >= 0.6 is 11.8 Å². The van der Waals surface area contributed by atoms with E-state index >= 15 is 0 Å². The molecule has 0 bridgehead atoms. The summed E-state index contributed by atoms with van der Waals surface area (Å²) in [5.74, 6) is 2.49. The summed E-state index contributed by atoms with van der Waals surface area (Å²) in [6, 6.07) is 10.4. The molecule has 1 fully saturated rings. The maximum absolute atomic E-state index is 12.5. The van der Waals surface area contributed by atoms with E-state index in [4.69, 9.17) is 0 Å². The number of thioether (sulfide) groups is 1. The summed E-state index contributed by atoms with van der Waals surface area (Å²) in [5, 5.41) is 1.21. The minimum absolute atomic E-state index is 0.247. The highest BCUT2D eigenvalue weighted by Crippen LogP contribution is 2.19. The van der Waals surface area contributed by atoms with Gasteiger partial charge in [-0.1, -0.05) is 18.2 Å². The second kappa shape index (κ2) is 5.92. The van der Waals surface area contributed by atoms with Crippen molar-refractivity contribution in [2.24, 2.45) is 0 Å². The Labute approximate surface area is 123 Å². The Bertz CT molecular complexity index is 612. The molecule has 2 heterocycles. The second-order valence-corrected chi connectivity index (χ2v) is 6.50. The highest BCUT2D eigenvalue weighted by Gasteiger charge is 2.17. The molecule has 1 aromatic heterocycles. The topological polar surface area (TPSA) is 25.2 Å². The standard InChI is InChI=1S/C16H20N2OS/c1-13-11-14-5-2-3-6-15(14)18(13)12-16(19)17-7-4-9-20-10-8-17/h2-3,5-6,11H,4,7-10,12H2,1H3. The highest BCUT2D eigenvalue weighted by molar-refractivity contribution is 7.99. The Kier molecular flexibility index (Phi) is 4.01. The van der Waals surface area contributed by atoms with Crippen LogP contribution in [0, 0.1) is 6.92 Å². The van der Waals surface area contributed by atoms with Crippen LogP contribution in [0.25, 0.3) is 10.9 Å². The first-order valence-corrected chi connectivity index (χ1v) is 8.31. The highest BCUT2D eigenvalue weighted by atomic mass is 32.2. The van der Waals surface area contributed by atoms with Crippen LogP contribution in [0.5, 0.6) is 0 Å². The van der Waals surface area contributed by atoms with Crippen molar-refractivity contribution in [2.75, 3.05) is 24.6 Å². The lowest BCUT2D eigenvalue weighted by Gasteiger charge is -2.21. The third-order valence-electron chi connectivity index (χ3n) is 3.89. The van der Waals surface area contributed by atoms with Crippen molar-refractivity contribution in [3.63, 3.8) is 0 Å². The summed E-state index contributed by atoms with van der Waals surface area (Å²) < 4.78 is 2.13. The van der Waals surface area contributed by atoms with E-state index in [0.29, 0.717) is 6.54 Å². The number of aromatic nitrogens is 1. The number of carbonyl (C=O) groups is 1. The normalized spacial score (nSPS) is 16.4. The molecule has 0 aliphatic carbocycles. The van der Waals surface area contributed by atoms with Crippen LogP contribution in [0.15, 0.2) is 30.3 Å². The Hall–Kier alpha value is -1.42.